The molecule has 1 amide bonds. The number of hydrogen-bond acceptors (Lipinski definition) is 4. The van der Waals surface area contributed by atoms with Crippen molar-refractivity contribution in [2.75, 3.05) is 13.6 Å². The number of carbonyl (C=O) groups excluding carboxylic acids is 1. The molecule has 1 aromatic heterocycles. The minimum absolute atomic E-state index is 0.0815. The van der Waals surface area contributed by atoms with Gasteiger partial charge >= 0.3 is 0 Å². The number of nitrogens with zero attached hydrogens (tertiary/aromatic N) is 3. The number of sulfonamides is 1. The maximum atomic E-state index is 14.4. The molecule has 3 rings (SSSR count). The largest absolute Gasteiger partial charge is 0.351 e. The van der Waals surface area contributed by atoms with Crippen LogP contribution in [0.1, 0.15) is 11.4 Å². The quantitative estimate of drug-likeness (QED) is 0.640. The van der Waals surface area contributed by atoms with Crippen LogP contribution in [0, 0.1) is 12.7 Å². The first-order chi connectivity index (χ1) is 13.8. The van der Waals surface area contributed by atoms with Crippen molar-refractivity contribution in [1.29, 1.82) is 0 Å². The van der Waals surface area contributed by atoms with Crippen LogP contribution in [0.3, 0.4) is 0 Å². The van der Waals surface area contributed by atoms with Crippen molar-refractivity contribution in [3.8, 4) is 5.69 Å². The Morgan fingerprint density at radius 1 is 1.21 bits per heavy atom. The smallest absolute Gasteiger partial charge is 0.243 e. The lowest BCUT2D eigenvalue weighted by molar-refractivity contribution is -0.121. The highest BCUT2D eigenvalue weighted by Gasteiger charge is 2.22. The van der Waals surface area contributed by atoms with Crippen molar-refractivity contribution in [3.63, 3.8) is 0 Å². The molecular weight excluding hydrogens is 395 g/mol. The van der Waals surface area contributed by atoms with Gasteiger partial charge in [-0.3, -0.25) is 4.79 Å². The highest BCUT2D eigenvalue weighted by molar-refractivity contribution is 7.89. The number of likely N-dealkylation sites (N-methyl/N-ethyl adjacent to an activating group) is 1. The van der Waals surface area contributed by atoms with Gasteiger partial charge in [0.2, 0.25) is 15.9 Å². The molecule has 0 radical (unpaired) electrons. The number of halogens is 1. The zero-order valence-electron chi connectivity index (χ0n) is 16.0. The molecule has 0 atom stereocenters. The molecule has 1 N–H and O–H groups in total. The van der Waals surface area contributed by atoms with Gasteiger partial charge in [-0.25, -0.2) is 17.8 Å². The van der Waals surface area contributed by atoms with E-state index >= 15 is 0 Å². The first-order valence-corrected chi connectivity index (χ1v) is 10.3. The first kappa shape index (κ1) is 20.7. The second-order valence-corrected chi connectivity index (χ2v) is 8.53. The molecule has 0 fully saturated rings. The molecule has 29 heavy (non-hydrogen) atoms. The second-order valence-electron chi connectivity index (χ2n) is 6.48. The molecule has 3 aromatic rings. The summed E-state index contributed by atoms with van der Waals surface area (Å²) in [5, 5.41) is 2.62. The summed E-state index contributed by atoms with van der Waals surface area (Å²) in [6.45, 7) is 1.51. The van der Waals surface area contributed by atoms with Crippen LogP contribution in [0.4, 0.5) is 4.39 Å². The summed E-state index contributed by atoms with van der Waals surface area (Å²) in [6, 6.07) is 12.5. The van der Waals surface area contributed by atoms with Crippen molar-refractivity contribution in [3.05, 3.63) is 78.1 Å². The lowest BCUT2D eigenvalue weighted by Crippen LogP contribution is -2.38. The molecule has 0 spiro atoms. The van der Waals surface area contributed by atoms with Crippen LogP contribution in [0.5, 0.6) is 0 Å². The van der Waals surface area contributed by atoms with Gasteiger partial charge in [0.05, 0.1) is 17.1 Å². The Balaban J connectivity index is 1.61. The first-order valence-electron chi connectivity index (χ1n) is 8.86. The Bertz CT molecular complexity index is 1110. The maximum Gasteiger partial charge on any atom is 0.243 e. The van der Waals surface area contributed by atoms with Gasteiger partial charge in [0, 0.05) is 26.0 Å². The molecule has 0 saturated heterocycles. The van der Waals surface area contributed by atoms with Crippen LogP contribution in [0.25, 0.3) is 5.69 Å². The van der Waals surface area contributed by atoms with Gasteiger partial charge in [0.15, 0.2) is 0 Å². The predicted octanol–water partition coefficient (Wildman–Crippen LogP) is 2.26. The lowest BCUT2D eigenvalue weighted by Gasteiger charge is -2.17. The van der Waals surface area contributed by atoms with Crippen molar-refractivity contribution in [2.45, 2.75) is 18.4 Å². The molecule has 0 aliphatic rings. The van der Waals surface area contributed by atoms with E-state index in [-0.39, 0.29) is 18.0 Å². The lowest BCUT2D eigenvalue weighted by atomic mass is 10.2. The highest BCUT2D eigenvalue weighted by atomic mass is 32.2. The van der Waals surface area contributed by atoms with Gasteiger partial charge in [0.1, 0.15) is 11.6 Å². The Morgan fingerprint density at radius 2 is 1.93 bits per heavy atom. The normalized spacial score (nSPS) is 11.6. The average molecular weight is 416 g/mol. The number of imidazole rings is 1. The van der Waals surface area contributed by atoms with Crippen LogP contribution >= 0.6 is 0 Å². The summed E-state index contributed by atoms with van der Waals surface area (Å²) < 4.78 is 41.9. The van der Waals surface area contributed by atoms with Gasteiger partial charge in [-0.15, -0.1) is 0 Å². The standard InChI is InChI=1S/C20H21FN4O3S/c1-15-22-10-11-25(15)19-9-8-16(12-18(19)21)13-23-20(26)14-24(2)29(27,28)17-6-4-3-5-7-17/h3-12H,13-14H2,1-2H3,(H,23,26). The number of nitrogens with one attached hydrogen (secondary N) is 1. The molecule has 0 saturated carbocycles. The highest BCUT2D eigenvalue weighted by Crippen LogP contribution is 2.17. The number of aryl methyl sites for hydroxylation is 1. The van der Waals surface area contributed by atoms with Gasteiger partial charge in [-0.2, -0.15) is 4.31 Å². The number of rotatable bonds is 7. The zero-order valence-corrected chi connectivity index (χ0v) is 16.9. The van der Waals surface area contributed by atoms with E-state index in [0.29, 0.717) is 17.1 Å². The SMILES string of the molecule is Cc1nccn1-c1ccc(CNC(=O)CN(C)S(=O)(=O)c2ccccc2)cc1F. The van der Waals surface area contributed by atoms with Crippen LogP contribution < -0.4 is 5.32 Å². The fourth-order valence-corrected chi connectivity index (χ4v) is 3.95. The molecule has 7 nitrogen and oxygen atoms in total. The van der Waals surface area contributed by atoms with E-state index in [1.54, 1.807) is 54.2 Å². The van der Waals surface area contributed by atoms with Gasteiger partial charge in [0.25, 0.3) is 0 Å². The number of aromatic nitrogens is 2. The van der Waals surface area contributed by atoms with Crippen LogP contribution in [-0.2, 0) is 21.4 Å². The number of benzene rings is 2. The van der Waals surface area contributed by atoms with E-state index in [4.69, 9.17) is 0 Å². The summed E-state index contributed by atoms with van der Waals surface area (Å²) in [5.41, 5.74) is 0.926. The molecular formula is C20H21FN4O3S. The third-order valence-electron chi connectivity index (χ3n) is 4.40. The number of amides is 1. The van der Waals surface area contributed by atoms with Gasteiger partial charge in [-0.1, -0.05) is 24.3 Å². The van der Waals surface area contributed by atoms with Gasteiger partial charge < -0.3 is 9.88 Å². The summed E-state index contributed by atoms with van der Waals surface area (Å²) in [5.74, 6) is -0.267. The Morgan fingerprint density at radius 3 is 2.55 bits per heavy atom. The minimum Gasteiger partial charge on any atom is -0.351 e. The van der Waals surface area contributed by atoms with Crippen molar-refractivity contribution in [2.24, 2.45) is 0 Å². The maximum absolute atomic E-state index is 14.4. The summed E-state index contributed by atoms with van der Waals surface area (Å²) >= 11 is 0. The van der Waals surface area contributed by atoms with E-state index in [9.17, 15) is 17.6 Å². The molecule has 0 unspecified atom stereocenters. The van der Waals surface area contributed by atoms with Gasteiger partial charge in [-0.05, 0) is 36.8 Å². The molecule has 2 aromatic carbocycles. The zero-order chi connectivity index (χ0) is 21.0. The van der Waals surface area contributed by atoms with E-state index < -0.39 is 21.7 Å². The third-order valence-corrected chi connectivity index (χ3v) is 6.22. The number of carbonyl (C=O) groups is 1. The average Bonchev–Trinajstić information content (AvgIpc) is 3.12. The molecule has 0 bridgehead atoms. The van der Waals surface area contributed by atoms with E-state index in [0.717, 1.165) is 4.31 Å². The topological polar surface area (TPSA) is 84.3 Å². The summed E-state index contributed by atoms with van der Waals surface area (Å²) in [6.07, 6.45) is 3.25. The molecule has 1 heterocycles. The summed E-state index contributed by atoms with van der Waals surface area (Å²) in [4.78, 5) is 16.3. The minimum atomic E-state index is -3.75. The Labute approximate surface area is 168 Å². The summed E-state index contributed by atoms with van der Waals surface area (Å²) in [7, 11) is -2.42. The molecule has 0 aliphatic heterocycles. The Kier molecular flexibility index (Phi) is 6.09. The number of hydrogen-bond donors (Lipinski definition) is 1. The second kappa shape index (κ2) is 8.54. The van der Waals surface area contributed by atoms with E-state index in [2.05, 4.69) is 10.3 Å². The molecule has 0 aliphatic carbocycles. The molecule has 152 valence electrons. The molecule has 9 heteroatoms. The fourth-order valence-electron chi connectivity index (χ4n) is 2.80. The van der Waals surface area contributed by atoms with Crippen LogP contribution in [-0.4, -0.2) is 41.8 Å². The van der Waals surface area contributed by atoms with Crippen molar-refractivity contribution >= 4 is 15.9 Å². The van der Waals surface area contributed by atoms with Crippen molar-refractivity contribution < 1.29 is 17.6 Å². The van der Waals surface area contributed by atoms with E-state index in [1.807, 2.05) is 0 Å². The van der Waals surface area contributed by atoms with Crippen LogP contribution in [0.15, 0.2) is 65.8 Å². The monoisotopic (exact) mass is 416 g/mol. The Hall–Kier alpha value is -3.04. The third kappa shape index (κ3) is 4.69. The van der Waals surface area contributed by atoms with Crippen LogP contribution in [0.2, 0.25) is 0 Å². The van der Waals surface area contributed by atoms with E-state index in [1.165, 1.54) is 25.2 Å². The predicted molar refractivity (Wildman–Crippen MR) is 106 cm³/mol. The fraction of sp³-hybridized carbons (Fsp3) is 0.200. The van der Waals surface area contributed by atoms with Crippen molar-refractivity contribution in [1.82, 2.24) is 19.2 Å².